The fraction of sp³-hybridized carbons (Fsp3) is 0.948. The van der Waals surface area contributed by atoms with Crippen molar-refractivity contribution in [3.8, 4) is 0 Å². The number of phosphoric acid groups is 2. The highest BCUT2D eigenvalue weighted by molar-refractivity contribution is 7.47. The van der Waals surface area contributed by atoms with E-state index in [9.17, 15) is 43.2 Å². The van der Waals surface area contributed by atoms with Gasteiger partial charge in [0, 0.05) is 25.7 Å². The Morgan fingerprint density at radius 3 is 0.740 bits per heavy atom. The molecule has 0 radical (unpaired) electrons. The number of ether oxygens (including phenoxy) is 4. The molecule has 0 spiro atoms. The van der Waals surface area contributed by atoms with Crippen LogP contribution in [0.3, 0.4) is 0 Å². The number of carbonyl (C=O) groups is 4. The topological polar surface area (TPSA) is 237 Å². The van der Waals surface area contributed by atoms with E-state index in [2.05, 4.69) is 55.4 Å². The molecule has 0 aliphatic rings. The van der Waals surface area contributed by atoms with Crippen LogP contribution in [0, 0.1) is 23.7 Å². The SMILES string of the molecule is CCC(C)CCCCCCCCCCCCCCCCCCCCC(=O)O[C@H](COC(=O)CCCCCCCCC(C)CC)COP(=O)(O)OC[C@H](O)COP(=O)(O)OC[C@@H](COC(=O)CCCCCCCCCCC(C)CC)OC(=O)CCCCCCCCCCCC(C)C. The van der Waals surface area contributed by atoms with Gasteiger partial charge in [0.2, 0.25) is 0 Å². The first-order chi connectivity index (χ1) is 46.2. The summed E-state index contributed by atoms with van der Waals surface area (Å²) in [6.45, 7) is 14.2. The lowest BCUT2D eigenvalue weighted by Gasteiger charge is -2.21. The van der Waals surface area contributed by atoms with Crippen LogP contribution in [0.25, 0.3) is 0 Å². The zero-order valence-corrected chi connectivity index (χ0v) is 64.8. The second-order valence-corrected chi connectivity index (χ2v) is 31.9. The van der Waals surface area contributed by atoms with E-state index in [0.29, 0.717) is 25.7 Å². The maximum absolute atomic E-state index is 13.1. The van der Waals surface area contributed by atoms with Crippen molar-refractivity contribution in [2.75, 3.05) is 39.6 Å². The summed E-state index contributed by atoms with van der Waals surface area (Å²) in [6.07, 6.45) is 51.4. The van der Waals surface area contributed by atoms with Gasteiger partial charge < -0.3 is 33.8 Å². The third-order valence-electron chi connectivity index (χ3n) is 18.9. The van der Waals surface area contributed by atoms with Gasteiger partial charge in [-0.1, -0.05) is 338 Å². The molecule has 0 amide bonds. The number of esters is 4. The molecule has 0 bridgehead atoms. The number of hydrogen-bond donors (Lipinski definition) is 3. The first-order valence-electron chi connectivity index (χ1n) is 39.8. The molecule has 19 heteroatoms. The summed E-state index contributed by atoms with van der Waals surface area (Å²) >= 11 is 0. The van der Waals surface area contributed by atoms with Crippen molar-refractivity contribution < 1.29 is 80.2 Å². The van der Waals surface area contributed by atoms with Crippen LogP contribution in [0.5, 0.6) is 0 Å². The van der Waals surface area contributed by atoms with Gasteiger partial charge in [0.25, 0.3) is 0 Å². The molecule has 0 saturated heterocycles. The minimum atomic E-state index is -4.96. The number of phosphoric ester groups is 2. The molecule has 0 saturated carbocycles. The zero-order chi connectivity index (χ0) is 71.0. The summed E-state index contributed by atoms with van der Waals surface area (Å²) in [5.74, 6) is 0.993. The van der Waals surface area contributed by atoms with E-state index in [1.54, 1.807) is 0 Å². The van der Waals surface area contributed by atoms with Crippen LogP contribution in [0.15, 0.2) is 0 Å². The van der Waals surface area contributed by atoms with Crippen LogP contribution in [0.2, 0.25) is 0 Å². The molecule has 96 heavy (non-hydrogen) atoms. The summed E-state index contributed by atoms with van der Waals surface area (Å²) in [7, 11) is -9.91. The first kappa shape index (κ1) is 94.1. The van der Waals surface area contributed by atoms with Gasteiger partial charge in [-0.2, -0.15) is 0 Å². The molecular formula is C77H150O17P2. The number of aliphatic hydroxyl groups excluding tert-OH is 1. The third-order valence-corrected chi connectivity index (χ3v) is 20.8. The highest BCUT2D eigenvalue weighted by Crippen LogP contribution is 2.45. The molecule has 8 atom stereocenters. The molecule has 0 aromatic carbocycles. The molecule has 570 valence electrons. The summed E-state index contributed by atoms with van der Waals surface area (Å²) < 4.78 is 68.5. The van der Waals surface area contributed by atoms with Crippen molar-refractivity contribution in [1.82, 2.24) is 0 Å². The molecule has 5 unspecified atom stereocenters. The van der Waals surface area contributed by atoms with Gasteiger partial charge in [-0.3, -0.25) is 37.3 Å². The van der Waals surface area contributed by atoms with Crippen LogP contribution < -0.4 is 0 Å². The molecule has 17 nitrogen and oxygen atoms in total. The van der Waals surface area contributed by atoms with Crippen molar-refractivity contribution in [2.24, 2.45) is 23.7 Å². The van der Waals surface area contributed by atoms with Crippen molar-refractivity contribution >= 4 is 39.5 Å². The lowest BCUT2D eigenvalue weighted by molar-refractivity contribution is -0.161. The summed E-state index contributed by atoms with van der Waals surface area (Å²) in [6, 6.07) is 0. The van der Waals surface area contributed by atoms with Gasteiger partial charge in [0.15, 0.2) is 12.2 Å². The number of unbranched alkanes of at least 4 members (excludes halogenated alkanes) is 37. The van der Waals surface area contributed by atoms with Crippen molar-refractivity contribution in [2.45, 2.75) is 408 Å². The molecule has 0 aromatic heterocycles. The Bertz CT molecular complexity index is 1890. The van der Waals surface area contributed by atoms with Crippen molar-refractivity contribution in [3.63, 3.8) is 0 Å². The van der Waals surface area contributed by atoms with Crippen LogP contribution in [-0.4, -0.2) is 96.7 Å². The Kier molecular flexibility index (Phi) is 65.0. The van der Waals surface area contributed by atoms with Gasteiger partial charge in [-0.25, -0.2) is 9.13 Å². The quantitative estimate of drug-likeness (QED) is 0.0222. The predicted octanol–water partition coefficient (Wildman–Crippen LogP) is 22.4. The number of rotatable bonds is 74. The molecule has 0 rings (SSSR count). The molecule has 0 aromatic rings. The standard InChI is InChI=1S/C77H150O17P2/c1-9-68(6)54-46-38-30-24-20-18-16-14-12-13-15-17-19-21-25-33-43-51-59-76(81)94-73(64-88-75(80)58-50-42-36-35-40-48-56-70(8)11-3)66-92-96(85,86)90-62-71(78)61-89-95(83,84)91-65-72(93-77(82)60-52-44-34-26-22-23-29-37-45-53-67(4)5)63-87-74(79)57-49-41-32-28-27-31-39-47-55-69(7)10-2/h67-73,78H,9-66H2,1-8H3,(H,83,84)(H,85,86)/t68?,69?,70?,71-,72-,73-/m1/s1. The third kappa shape index (κ3) is 66.6. The maximum Gasteiger partial charge on any atom is 0.472 e. The van der Waals surface area contributed by atoms with E-state index < -0.39 is 97.5 Å². The molecule has 0 heterocycles. The largest absolute Gasteiger partial charge is 0.472 e. The average molecular weight is 1410 g/mol. The first-order valence-corrected chi connectivity index (χ1v) is 42.8. The lowest BCUT2D eigenvalue weighted by Crippen LogP contribution is -2.30. The van der Waals surface area contributed by atoms with Crippen LogP contribution >= 0.6 is 15.6 Å². The summed E-state index contributed by atoms with van der Waals surface area (Å²) in [5.41, 5.74) is 0. The monoisotopic (exact) mass is 1410 g/mol. The molecular weight excluding hydrogens is 1260 g/mol. The minimum Gasteiger partial charge on any atom is -0.462 e. The highest BCUT2D eigenvalue weighted by atomic mass is 31.2. The predicted molar refractivity (Wildman–Crippen MR) is 391 cm³/mol. The van der Waals surface area contributed by atoms with E-state index in [1.807, 2.05) is 0 Å². The van der Waals surface area contributed by atoms with Gasteiger partial charge in [-0.15, -0.1) is 0 Å². The van der Waals surface area contributed by atoms with Gasteiger partial charge in [0.1, 0.15) is 19.3 Å². The average Bonchev–Trinajstić information content (AvgIpc) is 1.13. The smallest absolute Gasteiger partial charge is 0.462 e. The van der Waals surface area contributed by atoms with Crippen LogP contribution in [0.4, 0.5) is 0 Å². The second-order valence-electron chi connectivity index (χ2n) is 28.9. The van der Waals surface area contributed by atoms with Crippen molar-refractivity contribution in [3.05, 3.63) is 0 Å². The molecule has 0 aliphatic carbocycles. The normalized spacial score (nSPS) is 15.0. The molecule has 3 N–H and O–H groups in total. The highest BCUT2D eigenvalue weighted by Gasteiger charge is 2.30. The van der Waals surface area contributed by atoms with Gasteiger partial charge >= 0.3 is 39.5 Å². The number of carbonyl (C=O) groups excluding carboxylic acids is 4. The molecule has 0 fully saturated rings. The van der Waals surface area contributed by atoms with E-state index >= 15 is 0 Å². The van der Waals surface area contributed by atoms with Crippen molar-refractivity contribution in [1.29, 1.82) is 0 Å². The number of aliphatic hydroxyl groups is 1. The lowest BCUT2D eigenvalue weighted by atomic mass is 9.99. The Balaban J connectivity index is 5.18. The van der Waals surface area contributed by atoms with Crippen LogP contribution in [0.1, 0.15) is 389 Å². The second kappa shape index (κ2) is 66.3. The van der Waals surface area contributed by atoms with Gasteiger partial charge in [0.05, 0.1) is 26.4 Å². The fourth-order valence-electron chi connectivity index (χ4n) is 11.6. The summed E-state index contributed by atoms with van der Waals surface area (Å²) in [4.78, 5) is 72.8. The summed E-state index contributed by atoms with van der Waals surface area (Å²) in [5, 5.41) is 10.6. The van der Waals surface area contributed by atoms with E-state index in [4.69, 9.17) is 37.0 Å². The Morgan fingerprint density at radius 2 is 0.500 bits per heavy atom. The maximum atomic E-state index is 13.1. The Morgan fingerprint density at radius 1 is 0.292 bits per heavy atom. The van der Waals surface area contributed by atoms with E-state index in [1.165, 1.54) is 186 Å². The van der Waals surface area contributed by atoms with Crippen LogP contribution in [-0.2, 0) is 65.4 Å². The van der Waals surface area contributed by atoms with E-state index in [0.717, 1.165) is 120 Å². The molecule has 0 aliphatic heterocycles. The fourth-order valence-corrected chi connectivity index (χ4v) is 13.2. The Labute approximate surface area is 588 Å². The van der Waals surface area contributed by atoms with E-state index in [-0.39, 0.29) is 25.7 Å². The van der Waals surface area contributed by atoms with Gasteiger partial charge in [-0.05, 0) is 49.4 Å². The minimum absolute atomic E-state index is 0.104. The zero-order valence-electron chi connectivity index (χ0n) is 63.0. The number of hydrogen-bond acceptors (Lipinski definition) is 15. The Hall–Kier alpha value is -1.94.